The van der Waals surface area contributed by atoms with E-state index in [1.165, 1.54) is 31.3 Å². The summed E-state index contributed by atoms with van der Waals surface area (Å²) >= 11 is 0. The Bertz CT molecular complexity index is 639. The lowest BCUT2D eigenvalue weighted by Crippen LogP contribution is -2.55. The van der Waals surface area contributed by atoms with Gasteiger partial charge in [0.05, 0.1) is 8.07 Å². The van der Waals surface area contributed by atoms with E-state index in [1.54, 1.807) is 10.8 Å². The van der Waals surface area contributed by atoms with Crippen LogP contribution in [0.2, 0.25) is 18.6 Å². The fourth-order valence-corrected chi connectivity index (χ4v) is 9.96. The van der Waals surface area contributed by atoms with Crippen LogP contribution < -0.4 is 5.19 Å². The van der Waals surface area contributed by atoms with Crippen molar-refractivity contribution in [3.8, 4) is 0 Å². The minimum atomic E-state index is -1.50. The van der Waals surface area contributed by atoms with Crippen LogP contribution in [0.25, 0.3) is 0 Å². The summed E-state index contributed by atoms with van der Waals surface area (Å²) in [6.45, 7) is 16.7. The summed E-state index contributed by atoms with van der Waals surface area (Å²) in [6, 6.07) is 11.4. The number of fused-ring (bicyclic) bond motifs is 1. The molecule has 0 bridgehead atoms. The average Bonchev–Trinajstić information content (AvgIpc) is 2.55. The topological polar surface area (TPSA) is 0 Å². The largest absolute Gasteiger partial charge is 0.0999 e. The summed E-state index contributed by atoms with van der Waals surface area (Å²) in [4.78, 5) is 0. The molecule has 4 atom stereocenters. The van der Waals surface area contributed by atoms with E-state index in [-0.39, 0.29) is 0 Å². The van der Waals surface area contributed by atoms with Gasteiger partial charge < -0.3 is 0 Å². The van der Waals surface area contributed by atoms with Crippen LogP contribution in [0.5, 0.6) is 0 Å². The molecule has 1 saturated carbocycles. The van der Waals surface area contributed by atoms with Crippen LogP contribution in [0.4, 0.5) is 0 Å². The first-order valence-electron chi connectivity index (χ1n) is 9.64. The molecule has 0 aromatic heterocycles. The third-order valence-corrected chi connectivity index (χ3v) is 11.9. The van der Waals surface area contributed by atoms with Gasteiger partial charge in [-0.1, -0.05) is 79.3 Å². The quantitative estimate of drug-likeness (QED) is 0.447. The average molecular weight is 339 g/mol. The van der Waals surface area contributed by atoms with Gasteiger partial charge in [0, 0.05) is 0 Å². The first-order valence-corrected chi connectivity index (χ1v) is 12.7. The maximum absolute atomic E-state index is 4.27. The molecule has 1 aromatic carbocycles. The van der Waals surface area contributed by atoms with Gasteiger partial charge in [0.1, 0.15) is 0 Å². The van der Waals surface area contributed by atoms with Crippen molar-refractivity contribution < 1.29 is 0 Å². The molecule has 0 N–H and O–H groups in total. The monoisotopic (exact) mass is 338 g/mol. The van der Waals surface area contributed by atoms with Crippen molar-refractivity contribution >= 4 is 13.3 Å². The molecule has 1 heteroatoms. The molecule has 0 unspecified atom stereocenters. The highest BCUT2D eigenvalue weighted by Gasteiger charge is 2.52. The van der Waals surface area contributed by atoms with Crippen LogP contribution >= 0.6 is 0 Å². The Morgan fingerprint density at radius 2 is 1.88 bits per heavy atom. The lowest BCUT2D eigenvalue weighted by molar-refractivity contribution is 0.0959. The highest BCUT2D eigenvalue weighted by molar-refractivity contribution is 6.91. The standard InChI is InChI=1S/C23H34Si/c1-17(2)19-14-15-23(4)21(16-19)18(3)12-13-22(23)24(5,6)20-10-8-7-9-11-20/h7-12,19,21-22H,1,13-16H2,2-6H3/t19-,21+,22-,23-/m0/s1. The van der Waals surface area contributed by atoms with Crippen molar-refractivity contribution in [2.45, 2.75) is 65.1 Å². The maximum atomic E-state index is 4.27. The van der Waals surface area contributed by atoms with Gasteiger partial charge in [-0.25, -0.2) is 0 Å². The van der Waals surface area contributed by atoms with Crippen LogP contribution in [0, 0.1) is 17.3 Å². The van der Waals surface area contributed by atoms with Crippen molar-refractivity contribution in [1.82, 2.24) is 0 Å². The minimum absolute atomic E-state index is 0.469. The third-order valence-electron chi connectivity index (χ3n) is 7.45. The summed E-state index contributed by atoms with van der Waals surface area (Å²) in [7, 11) is -1.50. The molecule has 0 radical (unpaired) electrons. The molecule has 0 aliphatic heterocycles. The summed E-state index contributed by atoms with van der Waals surface area (Å²) in [5, 5.41) is 1.63. The lowest BCUT2D eigenvalue weighted by atomic mass is 9.57. The van der Waals surface area contributed by atoms with Crippen molar-refractivity contribution in [1.29, 1.82) is 0 Å². The Balaban J connectivity index is 1.98. The maximum Gasteiger partial charge on any atom is 0.0845 e. The summed E-state index contributed by atoms with van der Waals surface area (Å²) in [5.41, 5.74) is 4.35. The van der Waals surface area contributed by atoms with Gasteiger partial charge >= 0.3 is 0 Å². The Labute approximate surface area is 150 Å². The van der Waals surface area contributed by atoms with E-state index in [2.05, 4.69) is 76.9 Å². The van der Waals surface area contributed by atoms with Gasteiger partial charge in [0.15, 0.2) is 0 Å². The molecule has 2 aliphatic rings. The molecule has 2 aliphatic carbocycles. The van der Waals surface area contributed by atoms with Gasteiger partial charge in [-0.2, -0.15) is 0 Å². The van der Waals surface area contributed by atoms with E-state index >= 15 is 0 Å². The molecule has 3 rings (SSSR count). The molecule has 130 valence electrons. The molecule has 0 amide bonds. The van der Waals surface area contributed by atoms with E-state index in [0.717, 1.165) is 17.4 Å². The molecule has 0 spiro atoms. The SMILES string of the molecule is C=C(C)[C@H]1CC[C@@]2(C)[C@H](C1)C(C)=CC[C@@H]2[Si](C)(C)c1ccccc1. The first-order chi connectivity index (χ1) is 11.3. The van der Waals surface area contributed by atoms with Gasteiger partial charge in [0.25, 0.3) is 0 Å². The van der Waals surface area contributed by atoms with Crippen LogP contribution in [-0.4, -0.2) is 8.07 Å². The zero-order valence-electron chi connectivity index (χ0n) is 16.2. The Morgan fingerprint density at radius 1 is 1.21 bits per heavy atom. The summed E-state index contributed by atoms with van der Waals surface area (Å²) < 4.78 is 0. The van der Waals surface area contributed by atoms with Crippen molar-refractivity contribution in [2.24, 2.45) is 17.3 Å². The normalized spacial score (nSPS) is 33.5. The van der Waals surface area contributed by atoms with Gasteiger partial charge in [-0.05, 0) is 62.3 Å². The van der Waals surface area contributed by atoms with E-state index in [1.807, 2.05) is 0 Å². The van der Waals surface area contributed by atoms with E-state index < -0.39 is 8.07 Å². The number of rotatable bonds is 3. The Hall–Kier alpha value is -1.08. The van der Waals surface area contributed by atoms with Crippen LogP contribution in [0.3, 0.4) is 0 Å². The van der Waals surface area contributed by atoms with E-state index in [0.29, 0.717) is 5.41 Å². The fraction of sp³-hybridized carbons (Fsp3) is 0.565. The number of hydrogen-bond donors (Lipinski definition) is 0. The molecular weight excluding hydrogens is 304 g/mol. The van der Waals surface area contributed by atoms with Crippen LogP contribution in [-0.2, 0) is 0 Å². The summed E-state index contributed by atoms with van der Waals surface area (Å²) in [6.07, 6.45) is 7.89. The number of benzene rings is 1. The second-order valence-electron chi connectivity index (χ2n) is 9.20. The fourth-order valence-electron chi connectivity index (χ4n) is 5.80. The molecule has 1 aromatic rings. The third kappa shape index (κ3) is 2.85. The molecule has 0 heterocycles. The Kier molecular flexibility index (Phi) is 4.68. The highest BCUT2D eigenvalue weighted by Crippen LogP contribution is 2.60. The van der Waals surface area contributed by atoms with Gasteiger partial charge in [-0.3, -0.25) is 0 Å². The number of hydrogen-bond acceptors (Lipinski definition) is 0. The van der Waals surface area contributed by atoms with Crippen molar-refractivity contribution in [2.75, 3.05) is 0 Å². The lowest BCUT2D eigenvalue weighted by Gasteiger charge is -2.56. The second kappa shape index (κ2) is 6.33. The molecular formula is C23H34Si. The van der Waals surface area contributed by atoms with Crippen LogP contribution in [0.15, 0.2) is 54.1 Å². The molecule has 1 fully saturated rings. The summed E-state index contributed by atoms with van der Waals surface area (Å²) in [5.74, 6) is 1.48. The van der Waals surface area contributed by atoms with Gasteiger partial charge in [-0.15, -0.1) is 0 Å². The minimum Gasteiger partial charge on any atom is -0.0999 e. The molecule has 24 heavy (non-hydrogen) atoms. The zero-order chi connectivity index (χ0) is 17.5. The number of allylic oxidation sites excluding steroid dienone is 3. The highest BCUT2D eigenvalue weighted by atomic mass is 28.3. The van der Waals surface area contributed by atoms with Gasteiger partial charge in [0.2, 0.25) is 0 Å². The van der Waals surface area contributed by atoms with Crippen LogP contribution in [0.1, 0.15) is 46.5 Å². The Morgan fingerprint density at radius 3 is 2.50 bits per heavy atom. The van der Waals surface area contributed by atoms with Crippen molar-refractivity contribution in [3.05, 3.63) is 54.1 Å². The second-order valence-corrected chi connectivity index (χ2v) is 13.9. The predicted molar refractivity (Wildman–Crippen MR) is 109 cm³/mol. The van der Waals surface area contributed by atoms with E-state index in [9.17, 15) is 0 Å². The zero-order valence-corrected chi connectivity index (χ0v) is 17.2. The van der Waals surface area contributed by atoms with E-state index in [4.69, 9.17) is 0 Å². The van der Waals surface area contributed by atoms with Crippen molar-refractivity contribution in [3.63, 3.8) is 0 Å². The predicted octanol–water partition coefficient (Wildman–Crippen LogP) is 6.32. The molecule has 0 saturated heterocycles. The first kappa shape index (κ1) is 17.7. The smallest absolute Gasteiger partial charge is 0.0845 e. The molecule has 0 nitrogen and oxygen atoms in total.